The van der Waals surface area contributed by atoms with Crippen molar-refractivity contribution in [3.63, 3.8) is 0 Å². The van der Waals surface area contributed by atoms with Crippen LogP contribution in [0.15, 0.2) is 9.50 Å². The topological polar surface area (TPSA) is 84.4 Å². The number of oxime groups is 1. The Balaban J connectivity index is 2.29. The Labute approximate surface area is 110 Å². The first-order valence-corrected chi connectivity index (χ1v) is 7.17. The lowest BCUT2D eigenvalue weighted by molar-refractivity contribution is 0.305. The second kappa shape index (κ2) is 6.20. The standard InChI is InChI=1S/C10H18N4OS2/c1-7-12-13-9(17-7)16-6-4-5-10(2,3)8(11)14-15/h15H,4-6H2,1-3H3,(H2,11,14). The minimum Gasteiger partial charge on any atom is -0.409 e. The molecular formula is C10H18N4OS2. The van der Waals surface area contributed by atoms with Crippen LogP contribution in [0.25, 0.3) is 0 Å². The van der Waals surface area contributed by atoms with Crippen LogP contribution in [-0.4, -0.2) is 27.0 Å². The van der Waals surface area contributed by atoms with E-state index in [2.05, 4.69) is 15.4 Å². The molecule has 0 aliphatic rings. The van der Waals surface area contributed by atoms with Gasteiger partial charge in [-0.15, -0.1) is 10.2 Å². The lowest BCUT2D eigenvalue weighted by Gasteiger charge is -2.22. The molecule has 3 N–H and O–H groups in total. The second-order valence-corrected chi connectivity index (χ2v) is 6.93. The van der Waals surface area contributed by atoms with E-state index in [1.54, 1.807) is 23.1 Å². The van der Waals surface area contributed by atoms with Crippen molar-refractivity contribution in [2.45, 2.75) is 38.0 Å². The third kappa shape index (κ3) is 4.51. The first-order chi connectivity index (χ1) is 7.95. The smallest absolute Gasteiger partial charge is 0.174 e. The molecule has 0 amide bonds. The van der Waals surface area contributed by atoms with E-state index in [1.165, 1.54) is 0 Å². The molecule has 0 unspecified atom stereocenters. The molecule has 0 bridgehead atoms. The highest BCUT2D eigenvalue weighted by Gasteiger charge is 2.22. The SMILES string of the molecule is Cc1nnc(SCCCC(C)(C)C(N)=NO)s1. The highest BCUT2D eigenvalue weighted by Crippen LogP contribution is 2.27. The fraction of sp³-hybridized carbons (Fsp3) is 0.700. The molecule has 0 saturated heterocycles. The fourth-order valence-electron chi connectivity index (χ4n) is 1.27. The third-order valence-corrected chi connectivity index (χ3v) is 4.54. The summed E-state index contributed by atoms with van der Waals surface area (Å²) in [6, 6.07) is 0. The monoisotopic (exact) mass is 274 g/mol. The van der Waals surface area contributed by atoms with E-state index < -0.39 is 0 Å². The van der Waals surface area contributed by atoms with Crippen molar-refractivity contribution >= 4 is 28.9 Å². The van der Waals surface area contributed by atoms with Crippen molar-refractivity contribution in [3.8, 4) is 0 Å². The van der Waals surface area contributed by atoms with Gasteiger partial charge in [0.05, 0.1) is 0 Å². The molecule has 5 nitrogen and oxygen atoms in total. The van der Waals surface area contributed by atoms with Gasteiger partial charge in [-0.2, -0.15) is 0 Å². The maximum atomic E-state index is 8.65. The summed E-state index contributed by atoms with van der Waals surface area (Å²) < 4.78 is 1.00. The van der Waals surface area contributed by atoms with Gasteiger partial charge in [-0.1, -0.05) is 42.1 Å². The first kappa shape index (κ1) is 14.2. The number of amidine groups is 1. The van der Waals surface area contributed by atoms with Crippen LogP contribution in [0.2, 0.25) is 0 Å². The van der Waals surface area contributed by atoms with Crippen LogP contribution in [0.5, 0.6) is 0 Å². The molecule has 0 aromatic carbocycles. The van der Waals surface area contributed by atoms with E-state index in [4.69, 9.17) is 10.9 Å². The molecule has 0 aliphatic heterocycles. The summed E-state index contributed by atoms with van der Waals surface area (Å²) in [4.78, 5) is 0. The molecule has 1 rings (SSSR count). The van der Waals surface area contributed by atoms with Gasteiger partial charge in [-0.25, -0.2) is 0 Å². The van der Waals surface area contributed by atoms with Gasteiger partial charge in [-0.3, -0.25) is 0 Å². The molecule has 17 heavy (non-hydrogen) atoms. The number of aryl methyl sites for hydroxylation is 1. The van der Waals surface area contributed by atoms with Crippen molar-refractivity contribution in [2.24, 2.45) is 16.3 Å². The average molecular weight is 274 g/mol. The number of nitrogens with two attached hydrogens (primary N) is 1. The molecule has 1 heterocycles. The quantitative estimate of drug-likeness (QED) is 0.208. The van der Waals surface area contributed by atoms with E-state index in [9.17, 15) is 0 Å². The Morgan fingerprint density at radius 2 is 2.24 bits per heavy atom. The first-order valence-electron chi connectivity index (χ1n) is 5.36. The minimum absolute atomic E-state index is 0.258. The average Bonchev–Trinajstić information content (AvgIpc) is 2.69. The zero-order chi connectivity index (χ0) is 12.9. The lowest BCUT2D eigenvalue weighted by atomic mass is 9.87. The number of hydrogen-bond acceptors (Lipinski definition) is 6. The number of rotatable bonds is 6. The highest BCUT2D eigenvalue weighted by molar-refractivity contribution is 8.01. The van der Waals surface area contributed by atoms with E-state index in [-0.39, 0.29) is 11.3 Å². The zero-order valence-corrected chi connectivity index (χ0v) is 11.9. The number of nitrogens with zero attached hydrogens (tertiary/aromatic N) is 3. The summed E-state index contributed by atoms with van der Waals surface area (Å²) in [5.74, 6) is 1.26. The molecule has 1 aromatic rings. The van der Waals surface area contributed by atoms with Gasteiger partial charge in [-0.05, 0) is 19.8 Å². The van der Waals surface area contributed by atoms with Crippen LogP contribution in [0.1, 0.15) is 31.7 Å². The number of aromatic nitrogens is 2. The van der Waals surface area contributed by atoms with Crippen LogP contribution < -0.4 is 5.73 Å². The maximum Gasteiger partial charge on any atom is 0.174 e. The highest BCUT2D eigenvalue weighted by atomic mass is 32.2. The molecule has 1 aromatic heterocycles. The summed E-state index contributed by atoms with van der Waals surface area (Å²) in [5, 5.41) is 20.7. The predicted octanol–water partition coefficient (Wildman–Crippen LogP) is 2.49. The van der Waals surface area contributed by atoms with Gasteiger partial charge >= 0.3 is 0 Å². The molecule has 96 valence electrons. The van der Waals surface area contributed by atoms with Crippen molar-refractivity contribution in [1.29, 1.82) is 0 Å². The van der Waals surface area contributed by atoms with Crippen LogP contribution in [0.4, 0.5) is 0 Å². The van der Waals surface area contributed by atoms with Crippen LogP contribution >= 0.6 is 23.1 Å². The fourth-order valence-corrected chi connectivity index (χ4v) is 3.10. The van der Waals surface area contributed by atoms with Crippen LogP contribution in [0, 0.1) is 12.3 Å². The predicted molar refractivity (Wildman–Crippen MR) is 71.8 cm³/mol. The zero-order valence-electron chi connectivity index (χ0n) is 10.3. The molecule has 7 heteroatoms. The molecule has 0 fully saturated rings. The molecular weight excluding hydrogens is 256 g/mol. The van der Waals surface area contributed by atoms with Crippen molar-refractivity contribution < 1.29 is 5.21 Å². The Hall–Kier alpha value is -0.820. The molecule has 0 aliphatic carbocycles. The van der Waals surface area contributed by atoms with Gasteiger partial charge in [0.1, 0.15) is 10.8 Å². The summed E-state index contributed by atoms with van der Waals surface area (Å²) in [6.07, 6.45) is 1.88. The summed E-state index contributed by atoms with van der Waals surface area (Å²) in [5.41, 5.74) is 5.36. The van der Waals surface area contributed by atoms with Crippen molar-refractivity contribution in [1.82, 2.24) is 10.2 Å². The van der Waals surface area contributed by atoms with Gasteiger partial charge < -0.3 is 10.9 Å². The second-order valence-electron chi connectivity index (χ2n) is 4.41. The Morgan fingerprint density at radius 1 is 1.53 bits per heavy atom. The minimum atomic E-state index is -0.258. The summed E-state index contributed by atoms with van der Waals surface area (Å²) >= 11 is 3.31. The summed E-state index contributed by atoms with van der Waals surface area (Å²) in [7, 11) is 0. The van der Waals surface area contributed by atoms with E-state index in [0.717, 1.165) is 27.9 Å². The van der Waals surface area contributed by atoms with Gasteiger partial charge in [0.15, 0.2) is 4.34 Å². The normalized spacial score (nSPS) is 13.0. The largest absolute Gasteiger partial charge is 0.409 e. The number of hydrogen-bond donors (Lipinski definition) is 2. The maximum absolute atomic E-state index is 8.65. The molecule has 0 spiro atoms. The Bertz CT molecular complexity index is 389. The Morgan fingerprint density at radius 3 is 2.76 bits per heavy atom. The van der Waals surface area contributed by atoms with E-state index in [1.807, 2.05) is 20.8 Å². The van der Waals surface area contributed by atoms with Gasteiger partial charge in [0, 0.05) is 11.2 Å². The molecule has 0 atom stereocenters. The van der Waals surface area contributed by atoms with Crippen molar-refractivity contribution in [2.75, 3.05) is 5.75 Å². The summed E-state index contributed by atoms with van der Waals surface area (Å²) in [6.45, 7) is 5.90. The van der Waals surface area contributed by atoms with Crippen molar-refractivity contribution in [3.05, 3.63) is 5.01 Å². The molecule has 0 radical (unpaired) electrons. The van der Waals surface area contributed by atoms with Gasteiger partial charge in [0.2, 0.25) is 0 Å². The lowest BCUT2D eigenvalue weighted by Crippen LogP contribution is -2.31. The van der Waals surface area contributed by atoms with Gasteiger partial charge in [0.25, 0.3) is 0 Å². The van der Waals surface area contributed by atoms with E-state index in [0.29, 0.717) is 0 Å². The third-order valence-electron chi connectivity index (χ3n) is 2.48. The number of thioether (sulfide) groups is 1. The Kier molecular flexibility index (Phi) is 5.20. The molecule has 0 saturated carbocycles. The van der Waals surface area contributed by atoms with Crippen LogP contribution in [-0.2, 0) is 0 Å². The van der Waals surface area contributed by atoms with Crippen LogP contribution in [0.3, 0.4) is 0 Å². The van der Waals surface area contributed by atoms with E-state index >= 15 is 0 Å².